The highest BCUT2D eigenvalue weighted by Gasteiger charge is 2.66. The third-order valence-electron chi connectivity index (χ3n) is 5.27. The van der Waals surface area contributed by atoms with Gasteiger partial charge in [0, 0.05) is 10.1 Å². The van der Waals surface area contributed by atoms with Gasteiger partial charge in [-0.2, -0.15) is 9.97 Å². The van der Waals surface area contributed by atoms with E-state index in [0.717, 1.165) is 9.13 Å². The first-order valence-corrected chi connectivity index (χ1v) is 10.4. The molecule has 0 spiro atoms. The third-order valence-corrected chi connectivity index (χ3v) is 6.11. The Labute approximate surface area is 188 Å². The number of nitrogens with one attached hydrogen (secondary N) is 1. The van der Waals surface area contributed by atoms with Gasteiger partial charge in [-0.3, -0.25) is 4.57 Å². The number of carboxylic acid groups (broad SMARTS) is 1. The summed E-state index contributed by atoms with van der Waals surface area (Å²) in [5.74, 6) is -0.850. The third kappa shape index (κ3) is 3.03. The first-order chi connectivity index (χ1) is 14.4. The highest BCUT2D eigenvalue weighted by molar-refractivity contribution is 14.1. The van der Waals surface area contributed by atoms with E-state index in [4.69, 9.17) is 21.1 Å². The molecule has 3 aromatic rings. The highest BCUT2D eigenvalue weighted by Crippen LogP contribution is 2.46. The molecular formula is C18H15ClIN5O5. The molecule has 0 aliphatic carbocycles. The van der Waals surface area contributed by atoms with Crippen molar-refractivity contribution in [1.29, 1.82) is 0 Å². The van der Waals surface area contributed by atoms with Crippen LogP contribution in [0.2, 0.25) is 5.28 Å². The smallest absolute Gasteiger partial charge is 0.341 e. The first-order valence-electron chi connectivity index (χ1n) is 8.98. The van der Waals surface area contributed by atoms with Gasteiger partial charge in [0.05, 0.1) is 12.9 Å². The van der Waals surface area contributed by atoms with Gasteiger partial charge in [0.15, 0.2) is 23.2 Å². The molecule has 2 fully saturated rings. The molecule has 30 heavy (non-hydrogen) atoms. The minimum Gasteiger partial charge on any atom is -0.479 e. The number of aliphatic hydroxyl groups excluding tert-OH is 1. The van der Waals surface area contributed by atoms with Crippen LogP contribution in [0.15, 0.2) is 30.6 Å². The molecule has 4 heterocycles. The van der Waals surface area contributed by atoms with Gasteiger partial charge in [-0.1, -0.05) is 12.1 Å². The number of rotatable bonds is 5. The molecule has 2 bridgehead atoms. The maximum absolute atomic E-state index is 11.7. The number of carbonyl (C=O) groups is 1. The quantitative estimate of drug-likeness (QED) is 0.326. The van der Waals surface area contributed by atoms with E-state index < -0.39 is 30.0 Å². The molecular weight excluding hydrogens is 529 g/mol. The Morgan fingerprint density at radius 2 is 2.27 bits per heavy atom. The Bertz CT molecular complexity index is 1160. The molecule has 156 valence electrons. The lowest BCUT2D eigenvalue weighted by Crippen LogP contribution is -2.48. The fourth-order valence-corrected chi connectivity index (χ4v) is 4.54. The standard InChI is InChI=1S/C18H15ClIN5O5/c19-17-23-13(21-5-8-2-1-3-9(20)4-8)10-14(24-17)25(7-22-10)15-11-12(26)18(30-15,6-29-11)16(27)28/h1-4,7,11-12,15,26H,5-6H2,(H,27,28)(H,21,23,24)/t11-,12+,15-,18-/m1/s1. The maximum atomic E-state index is 11.7. The van der Waals surface area contributed by atoms with Crippen molar-refractivity contribution in [2.45, 2.75) is 30.6 Å². The summed E-state index contributed by atoms with van der Waals surface area (Å²) in [6.07, 6.45) is -1.64. The Morgan fingerprint density at radius 3 is 3.00 bits per heavy atom. The molecule has 5 rings (SSSR count). The van der Waals surface area contributed by atoms with E-state index in [2.05, 4.69) is 42.9 Å². The molecule has 0 amide bonds. The molecule has 4 atom stereocenters. The fourth-order valence-electron chi connectivity index (χ4n) is 3.77. The number of hydrogen-bond donors (Lipinski definition) is 3. The zero-order valence-electron chi connectivity index (χ0n) is 15.2. The van der Waals surface area contributed by atoms with Gasteiger partial charge >= 0.3 is 5.97 Å². The summed E-state index contributed by atoms with van der Waals surface area (Å²) < 4.78 is 13.8. The number of carboxylic acids is 1. The summed E-state index contributed by atoms with van der Waals surface area (Å²) in [6, 6.07) is 7.99. The van der Waals surface area contributed by atoms with Gasteiger partial charge in [-0.25, -0.2) is 9.78 Å². The number of ether oxygens (including phenoxy) is 2. The van der Waals surface area contributed by atoms with E-state index in [-0.39, 0.29) is 11.9 Å². The topological polar surface area (TPSA) is 132 Å². The van der Waals surface area contributed by atoms with E-state index in [0.29, 0.717) is 23.5 Å². The number of aliphatic hydroxyl groups is 1. The number of hydrogen-bond acceptors (Lipinski definition) is 8. The number of aromatic nitrogens is 4. The van der Waals surface area contributed by atoms with Crippen molar-refractivity contribution in [3.8, 4) is 0 Å². The molecule has 2 aliphatic heterocycles. The SMILES string of the molecule is O=C(O)[C@]12CO[C@@H]([C@H](n3cnc4c(NCc5cccc(I)c5)nc(Cl)nc43)O1)[C@@H]2O. The van der Waals surface area contributed by atoms with Gasteiger partial charge < -0.3 is 25.0 Å². The van der Waals surface area contributed by atoms with Gasteiger partial charge in [0.2, 0.25) is 10.9 Å². The molecule has 3 N–H and O–H groups in total. The van der Waals surface area contributed by atoms with Crippen LogP contribution >= 0.6 is 34.2 Å². The minimum absolute atomic E-state index is 0.00744. The summed E-state index contributed by atoms with van der Waals surface area (Å²) in [4.78, 5) is 24.5. The normalized spacial score (nSPS) is 27.6. The molecule has 0 radical (unpaired) electrons. The van der Waals surface area contributed by atoms with Crippen LogP contribution in [-0.4, -0.2) is 60.1 Å². The van der Waals surface area contributed by atoms with Crippen molar-refractivity contribution in [2.24, 2.45) is 0 Å². The van der Waals surface area contributed by atoms with Crippen molar-refractivity contribution < 1.29 is 24.5 Å². The van der Waals surface area contributed by atoms with E-state index in [1.165, 1.54) is 10.9 Å². The van der Waals surface area contributed by atoms with Crippen molar-refractivity contribution in [3.63, 3.8) is 0 Å². The van der Waals surface area contributed by atoms with Crippen molar-refractivity contribution >= 4 is 57.1 Å². The Morgan fingerprint density at radius 1 is 1.43 bits per heavy atom. The van der Waals surface area contributed by atoms with Crippen LogP contribution in [0.5, 0.6) is 0 Å². The Balaban J connectivity index is 1.48. The zero-order valence-corrected chi connectivity index (χ0v) is 18.1. The minimum atomic E-state index is -1.81. The van der Waals surface area contributed by atoms with Crippen LogP contribution in [-0.2, 0) is 20.8 Å². The van der Waals surface area contributed by atoms with E-state index in [1.807, 2.05) is 24.3 Å². The first kappa shape index (κ1) is 19.9. The number of imidazole rings is 1. The summed E-state index contributed by atoms with van der Waals surface area (Å²) in [6.45, 7) is 0.272. The van der Waals surface area contributed by atoms with E-state index in [9.17, 15) is 15.0 Å². The largest absolute Gasteiger partial charge is 0.479 e. The lowest BCUT2D eigenvalue weighted by Gasteiger charge is -2.27. The highest BCUT2D eigenvalue weighted by atomic mass is 127. The number of anilines is 1. The lowest BCUT2D eigenvalue weighted by atomic mass is 10.00. The monoisotopic (exact) mass is 543 g/mol. The van der Waals surface area contributed by atoms with E-state index in [1.54, 1.807) is 0 Å². The van der Waals surface area contributed by atoms with Crippen LogP contribution in [0.4, 0.5) is 5.82 Å². The zero-order chi connectivity index (χ0) is 21.0. The van der Waals surface area contributed by atoms with Crippen LogP contribution in [0.1, 0.15) is 11.8 Å². The number of fused-ring (bicyclic) bond motifs is 3. The average molecular weight is 544 g/mol. The Kier molecular flexibility index (Phi) is 4.82. The molecule has 2 aliphatic rings. The number of halogens is 2. The summed E-state index contributed by atoms with van der Waals surface area (Å²) in [5.41, 5.74) is 0.0266. The summed E-state index contributed by atoms with van der Waals surface area (Å²) in [5, 5.41) is 23.1. The van der Waals surface area contributed by atoms with Gasteiger partial charge in [0.1, 0.15) is 12.2 Å². The number of aliphatic carboxylic acids is 1. The van der Waals surface area contributed by atoms with Gasteiger partial charge in [-0.05, 0) is 51.9 Å². The fraction of sp³-hybridized carbons (Fsp3) is 0.333. The maximum Gasteiger partial charge on any atom is 0.341 e. The van der Waals surface area contributed by atoms with E-state index >= 15 is 0 Å². The predicted octanol–water partition coefficient (Wildman–Crippen LogP) is 1.81. The summed E-state index contributed by atoms with van der Waals surface area (Å²) >= 11 is 8.37. The lowest BCUT2D eigenvalue weighted by molar-refractivity contribution is -0.198. The molecule has 12 heteroatoms. The second kappa shape index (κ2) is 7.27. The molecule has 0 unspecified atom stereocenters. The molecule has 2 saturated heterocycles. The Hall–Kier alpha value is -2.06. The average Bonchev–Trinajstić information content (AvgIpc) is 3.36. The van der Waals surface area contributed by atoms with Crippen LogP contribution in [0.25, 0.3) is 11.2 Å². The van der Waals surface area contributed by atoms with Crippen LogP contribution < -0.4 is 5.32 Å². The second-order valence-electron chi connectivity index (χ2n) is 7.07. The van der Waals surface area contributed by atoms with Crippen LogP contribution in [0.3, 0.4) is 0 Å². The predicted molar refractivity (Wildman–Crippen MR) is 113 cm³/mol. The molecule has 0 saturated carbocycles. The molecule has 2 aromatic heterocycles. The molecule has 1 aromatic carbocycles. The second-order valence-corrected chi connectivity index (χ2v) is 8.66. The summed E-state index contributed by atoms with van der Waals surface area (Å²) in [7, 11) is 0. The van der Waals surface area contributed by atoms with Gasteiger partial charge in [-0.15, -0.1) is 0 Å². The molecule has 10 nitrogen and oxygen atoms in total. The number of nitrogens with zero attached hydrogens (tertiary/aromatic N) is 4. The van der Waals surface area contributed by atoms with Crippen LogP contribution in [0, 0.1) is 3.57 Å². The van der Waals surface area contributed by atoms with Gasteiger partial charge in [0.25, 0.3) is 0 Å². The number of benzene rings is 1. The van der Waals surface area contributed by atoms with Crippen molar-refractivity contribution in [2.75, 3.05) is 11.9 Å². The van der Waals surface area contributed by atoms with Crippen molar-refractivity contribution in [3.05, 3.63) is 45.0 Å². The van der Waals surface area contributed by atoms with Crippen molar-refractivity contribution in [1.82, 2.24) is 19.5 Å².